The fraction of sp³-hybridized carbons (Fsp3) is 0.444. The van der Waals surface area contributed by atoms with E-state index in [0.29, 0.717) is 12.5 Å². The van der Waals surface area contributed by atoms with Crippen molar-refractivity contribution in [2.75, 3.05) is 50.6 Å². The Morgan fingerprint density at radius 1 is 1.32 bits per heavy atom. The Kier molecular flexibility index (Phi) is 6.16. The van der Waals surface area contributed by atoms with Crippen LogP contribution in [-0.2, 0) is 4.74 Å². The largest absolute Gasteiger partial charge is 0.383 e. The first-order chi connectivity index (χ1) is 12.3. The molecule has 7 heteroatoms. The van der Waals surface area contributed by atoms with Crippen molar-refractivity contribution < 1.29 is 4.74 Å². The monoisotopic (exact) mass is 342 g/mol. The van der Waals surface area contributed by atoms with Crippen molar-refractivity contribution in [2.24, 2.45) is 5.92 Å². The number of nitrogens with one attached hydrogen (secondary N) is 3. The minimum absolute atomic E-state index is 0.251. The molecule has 7 nitrogen and oxygen atoms in total. The number of likely N-dealkylation sites (N-methyl/N-ethyl adjacent to an activating group) is 1. The van der Waals surface area contributed by atoms with Gasteiger partial charge < -0.3 is 15.0 Å². The van der Waals surface area contributed by atoms with E-state index in [2.05, 4.69) is 43.2 Å². The van der Waals surface area contributed by atoms with E-state index < -0.39 is 0 Å². The molecule has 1 aliphatic rings. The van der Waals surface area contributed by atoms with Crippen LogP contribution in [0, 0.1) is 5.92 Å². The summed E-state index contributed by atoms with van der Waals surface area (Å²) in [5.74, 6) is 1.32. The quantitative estimate of drug-likeness (QED) is 0.670. The first kappa shape index (κ1) is 17.6. The Hall–Kier alpha value is -2.22. The molecular formula is C18H26N6O. The summed E-state index contributed by atoms with van der Waals surface area (Å²) in [4.78, 5) is 10.9. The normalized spacial score (nSPS) is 19.8. The number of pyridine rings is 2. The molecule has 0 aliphatic carbocycles. The molecule has 25 heavy (non-hydrogen) atoms. The Labute approximate surface area is 148 Å². The third kappa shape index (κ3) is 4.66. The first-order valence-corrected chi connectivity index (χ1v) is 8.56. The van der Waals surface area contributed by atoms with Gasteiger partial charge in [0.05, 0.1) is 24.5 Å². The van der Waals surface area contributed by atoms with Gasteiger partial charge in [-0.15, -0.1) is 0 Å². The van der Waals surface area contributed by atoms with Gasteiger partial charge in [0.2, 0.25) is 0 Å². The highest BCUT2D eigenvalue weighted by atomic mass is 16.5. The molecule has 2 atom stereocenters. The number of aromatic nitrogens is 2. The summed E-state index contributed by atoms with van der Waals surface area (Å²) in [6, 6.07) is 8.43. The Morgan fingerprint density at radius 3 is 2.96 bits per heavy atom. The summed E-state index contributed by atoms with van der Waals surface area (Å²) in [5, 5.41) is 3.44. The molecule has 3 N–H and O–H groups in total. The summed E-state index contributed by atoms with van der Waals surface area (Å²) in [6.45, 7) is 3.29. The summed E-state index contributed by atoms with van der Waals surface area (Å²) in [6.07, 6.45) is 5.61. The summed E-state index contributed by atoms with van der Waals surface area (Å²) in [5.41, 5.74) is 8.86. The SMILES string of the molecule is COCCN(C)c1ccc(NCC2CNNC2c2cccnc2)nc1. The maximum Gasteiger partial charge on any atom is 0.126 e. The van der Waals surface area contributed by atoms with Crippen LogP contribution in [0.15, 0.2) is 42.9 Å². The second-order valence-electron chi connectivity index (χ2n) is 6.25. The van der Waals surface area contributed by atoms with Gasteiger partial charge in [-0.3, -0.25) is 10.4 Å². The Bertz CT molecular complexity index is 636. The molecule has 0 bridgehead atoms. The molecule has 2 unspecified atom stereocenters. The van der Waals surface area contributed by atoms with Gasteiger partial charge in [0.15, 0.2) is 0 Å². The predicted molar refractivity (Wildman–Crippen MR) is 99.5 cm³/mol. The van der Waals surface area contributed by atoms with Crippen molar-refractivity contribution in [2.45, 2.75) is 6.04 Å². The number of hydrogen-bond donors (Lipinski definition) is 3. The molecule has 1 fully saturated rings. The van der Waals surface area contributed by atoms with E-state index in [0.717, 1.165) is 31.1 Å². The number of hydrazine groups is 1. The minimum Gasteiger partial charge on any atom is -0.383 e. The van der Waals surface area contributed by atoms with Gasteiger partial charge in [-0.2, -0.15) is 0 Å². The Balaban J connectivity index is 1.54. The molecule has 1 aliphatic heterocycles. The summed E-state index contributed by atoms with van der Waals surface area (Å²) in [7, 11) is 3.75. The number of rotatable bonds is 8. The lowest BCUT2D eigenvalue weighted by molar-refractivity contribution is 0.206. The smallest absolute Gasteiger partial charge is 0.126 e. The molecule has 0 saturated carbocycles. The molecule has 2 aromatic rings. The van der Waals surface area contributed by atoms with Gasteiger partial charge in [-0.1, -0.05) is 6.07 Å². The molecule has 3 heterocycles. The van der Waals surface area contributed by atoms with Gasteiger partial charge in [0.1, 0.15) is 5.82 Å². The van der Waals surface area contributed by atoms with Crippen LogP contribution in [0.4, 0.5) is 11.5 Å². The predicted octanol–water partition coefficient (Wildman–Crippen LogP) is 1.44. The van der Waals surface area contributed by atoms with Crippen molar-refractivity contribution in [3.8, 4) is 0 Å². The van der Waals surface area contributed by atoms with Crippen LogP contribution >= 0.6 is 0 Å². The number of ether oxygens (including phenoxy) is 1. The number of anilines is 2. The highest BCUT2D eigenvalue weighted by Gasteiger charge is 2.28. The van der Waals surface area contributed by atoms with Crippen molar-refractivity contribution in [3.05, 3.63) is 48.4 Å². The second-order valence-corrected chi connectivity index (χ2v) is 6.25. The van der Waals surface area contributed by atoms with Gasteiger partial charge in [-0.05, 0) is 23.8 Å². The van der Waals surface area contributed by atoms with Gasteiger partial charge in [-0.25, -0.2) is 10.4 Å². The van der Waals surface area contributed by atoms with Crippen molar-refractivity contribution >= 4 is 11.5 Å². The van der Waals surface area contributed by atoms with Crippen LogP contribution in [0.25, 0.3) is 0 Å². The zero-order valence-corrected chi connectivity index (χ0v) is 14.8. The summed E-state index contributed by atoms with van der Waals surface area (Å²) < 4.78 is 5.11. The van der Waals surface area contributed by atoms with E-state index in [1.54, 1.807) is 13.3 Å². The van der Waals surface area contributed by atoms with Crippen LogP contribution in [-0.4, -0.2) is 50.4 Å². The van der Waals surface area contributed by atoms with Gasteiger partial charge in [0, 0.05) is 52.1 Å². The maximum absolute atomic E-state index is 5.11. The van der Waals surface area contributed by atoms with Crippen LogP contribution in [0.3, 0.4) is 0 Å². The lowest BCUT2D eigenvalue weighted by atomic mass is 9.96. The minimum atomic E-state index is 0.251. The molecule has 134 valence electrons. The van der Waals surface area contributed by atoms with E-state index in [1.807, 2.05) is 31.6 Å². The molecule has 0 aromatic carbocycles. The number of methoxy groups -OCH3 is 1. The lowest BCUT2D eigenvalue weighted by Gasteiger charge is -2.20. The average molecular weight is 342 g/mol. The van der Waals surface area contributed by atoms with E-state index in [9.17, 15) is 0 Å². The summed E-state index contributed by atoms with van der Waals surface area (Å²) >= 11 is 0. The van der Waals surface area contributed by atoms with E-state index >= 15 is 0 Å². The molecular weight excluding hydrogens is 316 g/mol. The van der Waals surface area contributed by atoms with E-state index in [-0.39, 0.29) is 6.04 Å². The Morgan fingerprint density at radius 2 is 2.24 bits per heavy atom. The molecule has 2 aromatic heterocycles. The molecule has 1 saturated heterocycles. The molecule has 0 radical (unpaired) electrons. The van der Waals surface area contributed by atoms with E-state index in [4.69, 9.17) is 4.74 Å². The van der Waals surface area contributed by atoms with Crippen molar-refractivity contribution in [1.82, 2.24) is 20.8 Å². The lowest BCUT2D eigenvalue weighted by Crippen LogP contribution is -2.26. The topological polar surface area (TPSA) is 74.3 Å². The van der Waals surface area contributed by atoms with Crippen LogP contribution in [0.1, 0.15) is 11.6 Å². The fourth-order valence-electron chi connectivity index (χ4n) is 2.95. The third-order valence-corrected chi connectivity index (χ3v) is 4.50. The zero-order chi connectivity index (χ0) is 17.5. The number of nitrogens with zero attached hydrogens (tertiary/aromatic N) is 3. The second kappa shape index (κ2) is 8.75. The highest BCUT2D eigenvalue weighted by Crippen LogP contribution is 2.24. The first-order valence-electron chi connectivity index (χ1n) is 8.56. The molecule has 0 spiro atoms. The average Bonchev–Trinajstić information content (AvgIpc) is 3.14. The molecule has 0 amide bonds. The highest BCUT2D eigenvalue weighted by molar-refractivity contribution is 5.48. The van der Waals surface area contributed by atoms with Crippen LogP contribution in [0.5, 0.6) is 0 Å². The van der Waals surface area contributed by atoms with Crippen LogP contribution < -0.4 is 21.1 Å². The van der Waals surface area contributed by atoms with Crippen molar-refractivity contribution in [3.63, 3.8) is 0 Å². The fourth-order valence-corrected chi connectivity index (χ4v) is 2.95. The van der Waals surface area contributed by atoms with Crippen molar-refractivity contribution in [1.29, 1.82) is 0 Å². The van der Waals surface area contributed by atoms with E-state index in [1.165, 1.54) is 5.56 Å². The van der Waals surface area contributed by atoms with Crippen LogP contribution in [0.2, 0.25) is 0 Å². The van der Waals surface area contributed by atoms with Gasteiger partial charge in [0.25, 0.3) is 0 Å². The number of hydrogen-bond acceptors (Lipinski definition) is 7. The standard InChI is InChI=1S/C18H26N6O/c1-24(8-9-25-2)16-5-6-17(21-13-16)20-11-15-12-22-23-18(15)14-4-3-7-19-10-14/h3-7,10,13,15,18,22-23H,8-9,11-12H2,1-2H3,(H,20,21). The maximum atomic E-state index is 5.11. The van der Waals surface area contributed by atoms with Gasteiger partial charge >= 0.3 is 0 Å². The third-order valence-electron chi connectivity index (χ3n) is 4.50. The zero-order valence-electron chi connectivity index (χ0n) is 14.8. The molecule has 3 rings (SSSR count).